The number of benzene rings is 1. The number of nitrogens with one attached hydrogen (secondary N) is 2. The van der Waals surface area contributed by atoms with Gasteiger partial charge in [-0.2, -0.15) is 11.8 Å². The first-order valence-corrected chi connectivity index (χ1v) is 8.79. The van der Waals surface area contributed by atoms with Crippen molar-refractivity contribution in [2.75, 3.05) is 38.2 Å². The Labute approximate surface area is 161 Å². The molecule has 0 aliphatic heterocycles. The zero-order chi connectivity index (χ0) is 16.0. The Kier molecular flexibility index (Phi) is 14.1. The minimum Gasteiger partial charge on any atom is -0.497 e. The van der Waals surface area contributed by atoms with Crippen LogP contribution in [0.1, 0.15) is 12.5 Å². The van der Waals surface area contributed by atoms with E-state index in [0.29, 0.717) is 0 Å². The number of aliphatic imine (C=N–C) groups is 1. The summed E-state index contributed by atoms with van der Waals surface area (Å²) < 4.78 is 5.16. The fraction of sp³-hybridized carbons (Fsp3) is 0.471. The smallest absolute Gasteiger partial charge is 0.191 e. The van der Waals surface area contributed by atoms with Gasteiger partial charge in [0, 0.05) is 24.6 Å². The van der Waals surface area contributed by atoms with Gasteiger partial charge < -0.3 is 15.4 Å². The lowest BCUT2D eigenvalue weighted by atomic mass is 10.1. The third-order valence-electron chi connectivity index (χ3n) is 2.95. The molecule has 4 nitrogen and oxygen atoms in total. The molecule has 0 bridgehead atoms. The molecule has 23 heavy (non-hydrogen) atoms. The minimum absolute atomic E-state index is 0. The summed E-state index contributed by atoms with van der Waals surface area (Å²) in [6.07, 6.45) is 2.88. The zero-order valence-electron chi connectivity index (χ0n) is 14.0. The van der Waals surface area contributed by atoms with E-state index < -0.39 is 0 Å². The van der Waals surface area contributed by atoms with Crippen LogP contribution in [0.2, 0.25) is 0 Å². The molecule has 1 rings (SSSR count). The molecule has 0 aromatic heterocycles. The summed E-state index contributed by atoms with van der Waals surface area (Å²) in [6, 6.07) is 8.17. The molecule has 0 spiro atoms. The van der Waals surface area contributed by atoms with Gasteiger partial charge in [-0.05, 0) is 31.0 Å². The largest absolute Gasteiger partial charge is 0.497 e. The Bertz CT molecular complexity index is 452. The molecule has 0 aliphatic rings. The number of ether oxygens (including phenoxy) is 1. The maximum absolute atomic E-state index is 5.16. The van der Waals surface area contributed by atoms with Crippen molar-refractivity contribution < 1.29 is 4.74 Å². The van der Waals surface area contributed by atoms with Gasteiger partial charge in [0.2, 0.25) is 0 Å². The lowest BCUT2D eigenvalue weighted by Crippen LogP contribution is -2.38. The van der Waals surface area contributed by atoms with Crippen molar-refractivity contribution in [3.8, 4) is 5.75 Å². The van der Waals surface area contributed by atoms with E-state index >= 15 is 0 Å². The molecule has 0 radical (unpaired) electrons. The van der Waals surface area contributed by atoms with Gasteiger partial charge in [-0.15, -0.1) is 30.6 Å². The third-order valence-corrected chi connectivity index (χ3v) is 3.89. The Hall–Kier alpha value is -0.890. The maximum atomic E-state index is 5.16. The van der Waals surface area contributed by atoms with Gasteiger partial charge in [0.1, 0.15) is 5.75 Å². The Morgan fingerprint density at radius 1 is 1.30 bits per heavy atom. The normalized spacial score (nSPS) is 10.6. The van der Waals surface area contributed by atoms with E-state index in [-0.39, 0.29) is 24.0 Å². The molecule has 0 fully saturated rings. The summed E-state index contributed by atoms with van der Waals surface area (Å²) in [4.78, 5) is 4.56. The minimum atomic E-state index is 0. The number of halogens is 1. The molecule has 0 amide bonds. The molecule has 0 saturated carbocycles. The number of hydrogen-bond donors (Lipinski definition) is 2. The number of guanidine groups is 1. The predicted molar refractivity (Wildman–Crippen MR) is 114 cm³/mol. The van der Waals surface area contributed by atoms with Crippen LogP contribution in [0.15, 0.2) is 41.9 Å². The second kappa shape index (κ2) is 14.7. The standard InChI is InChI=1S/C17H27N3OS.HI/c1-4-13-22-14-12-20-17(18-5-2)19-11-10-15-6-8-16(21-3)9-7-15;/h4,6-9H,1,5,10-14H2,2-3H3,(H2,18,19,20);1H. The molecule has 0 aliphatic carbocycles. The summed E-state index contributed by atoms with van der Waals surface area (Å²) in [6.45, 7) is 8.33. The van der Waals surface area contributed by atoms with Crippen LogP contribution in [-0.4, -0.2) is 44.2 Å². The molecular formula is C17H28IN3OS. The zero-order valence-corrected chi connectivity index (χ0v) is 17.2. The highest BCUT2D eigenvalue weighted by Crippen LogP contribution is 2.11. The van der Waals surface area contributed by atoms with Crippen LogP contribution in [-0.2, 0) is 6.42 Å². The van der Waals surface area contributed by atoms with E-state index in [4.69, 9.17) is 4.74 Å². The first kappa shape index (κ1) is 22.1. The van der Waals surface area contributed by atoms with E-state index in [0.717, 1.165) is 49.3 Å². The second-order valence-corrected chi connectivity index (χ2v) is 5.80. The van der Waals surface area contributed by atoms with E-state index in [9.17, 15) is 0 Å². The lowest BCUT2D eigenvalue weighted by molar-refractivity contribution is 0.414. The third kappa shape index (κ3) is 10.5. The number of hydrogen-bond acceptors (Lipinski definition) is 3. The van der Waals surface area contributed by atoms with Crippen molar-refractivity contribution in [2.45, 2.75) is 13.3 Å². The molecule has 0 saturated heterocycles. The topological polar surface area (TPSA) is 45.7 Å². The SMILES string of the molecule is C=CCSCCN=C(NCC)NCCc1ccc(OC)cc1.I. The fourth-order valence-corrected chi connectivity index (χ4v) is 2.40. The number of nitrogens with zero attached hydrogens (tertiary/aromatic N) is 1. The summed E-state index contributed by atoms with van der Waals surface area (Å²) >= 11 is 1.84. The van der Waals surface area contributed by atoms with Gasteiger partial charge in [-0.25, -0.2) is 0 Å². The van der Waals surface area contributed by atoms with Crippen molar-refractivity contribution in [1.82, 2.24) is 10.6 Å². The van der Waals surface area contributed by atoms with Crippen LogP contribution in [0.25, 0.3) is 0 Å². The van der Waals surface area contributed by atoms with Crippen molar-refractivity contribution in [2.24, 2.45) is 4.99 Å². The summed E-state index contributed by atoms with van der Waals surface area (Å²) in [5.74, 6) is 3.77. The van der Waals surface area contributed by atoms with E-state index in [2.05, 4.69) is 41.3 Å². The van der Waals surface area contributed by atoms with Gasteiger partial charge in [0.05, 0.1) is 13.7 Å². The average molecular weight is 449 g/mol. The first-order chi connectivity index (χ1) is 10.8. The summed E-state index contributed by atoms with van der Waals surface area (Å²) in [5.41, 5.74) is 1.28. The van der Waals surface area contributed by atoms with E-state index in [1.165, 1.54) is 5.56 Å². The van der Waals surface area contributed by atoms with Crippen LogP contribution in [0.3, 0.4) is 0 Å². The molecule has 0 unspecified atom stereocenters. The Balaban J connectivity index is 0.00000484. The van der Waals surface area contributed by atoms with Crippen LogP contribution in [0.5, 0.6) is 5.75 Å². The number of methoxy groups -OCH3 is 1. The second-order valence-electron chi connectivity index (χ2n) is 4.65. The average Bonchev–Trinajstić information content (AvgIpc) is 2.55. The molecule has 1 aromatic carbocycles. The van der Waals surface area contributed by atoms with E-state index in [1.807, 2.05) is 30.0 Å². The number of rotatable bonds is 10. The highest BCUT2D eigenvalue weighted by atomic mass is 127. The maximum Gasteiger partial charge on any atom is 0.191 e. The molecule has 1 aromatic rings. The number of thioether (sulfide) groups is 1. The molecule has 0 atom stereocenters. The van der Waals surface area contributed by atoms with Crippen LogP contribution in [0.4, 0.5) is 0 Å². The van der Waals surface area contributed by atoms with Crippen molar-refractivity contribution in [3.05, 3.63) is 42.5 Å². The van der Waals surface area contributed by atoms with Gasteiger partial charge in [0.15, 0.2) is 5.96 Å². The molecule has 2 N–H and O–H groups in total. The van der Waals surface area contributed by atoms with E-state index in [1.54, 1.807) is 7.11 Å². The first-order valence-electron chi connectivity index (χ1n) is 7.64. The van der Waals surface area contributed by atoms with Crippen molar-refractivity contribution >= 4 is 41.7 Å². The monoisotopic (exact) mass is 449 g/mol. The van der Waals surface area contributed by atoms with Crippen LogP contribution < -0.4 is 15.4 Å². The van der Waals surface area contributed by atoms with Gasteiger partial charge >= 0.3 is 0 Å². The highest BCUT2D eigenvalue weighted by molar-refractivity contribution is 14.0. The predicted octanol–water partition coefficient (Wildman–Crippen LogP) is 3.33. The van der Waals surface area contributed by atoms with Crippen molar-refractivity contribution in [1.29, 1.82) is 0 Å². The van der Waals surface area contributed by atoms with Crippen LogP contribution >= 0.6 is 35.7 Å². The van der Waals surface area contributed by atoms with Crippen LogP contribution in [0, 0.1) is 0 Å². The lowest BCUT2D eigenvalue weighted by Gasteiger charge is -2.11. The molecule has 0 heterocycles. The van der Waals surface area contributed by atoms with Gasteiger partial charge in [0.25, 0.3) is 0 Å². The highest BCUT2D eigenvalue weighted by Gasteiger charge is 1.98. The molecule has 130 valence electrons. The van der Waals surface area contributed by atoms with Gasteiger partial charge in [-0.1, -0.05) is 18.2 Å². The summed E-state index contributed by atoms with van der Waals surface area (Å²) in [7, 11) is 1.68. The quantitative estimate of drug-likeness (QED) is 0.189. The van der Waals surface area contributed by atoms with Gasteiger partial charge in [-0.3, -0.25) is 4.99 Å². The molecular weight excluding hydrogens is 421 g/mol. The fourth-order valence-electron chi connectivity index (χ4n) is 1.85. The summed E-state index contributed by atoms with van der Waals surface area (Å²) in [5, 5.41) is 6.63. The Morgan fingerprint density at radius 3 is 2.65 bits per heavy atom. The Morgan fingerprint density at radius 2 is 2.04 bits per heavy atom. The molecule has 6 heteroatoms. The van der Waals surface area contributed by atoms with Crippen molar-refractivity contribution in [3.63, 3.8) is 0 Å².